The Balaban J connectivity index is 2.78. The predicted molar refractivity (Wildman–Crippen MR) is 75.2 cm³/mol. The molecular formula is C13H17ClF3N3O. The molecule has 0 spiro atoms. The van der Waals surface area contributed by atoms with E-state index in [4.69, 9.17) is 11.6 Å². The number of anilines is 1. The molecule has 0 aliphatic heterocycles. The summed E-state index contributed by atoms with van der Waals surface area (Å²) in [6.45, 7) is 5.89. The molecule has 1 heterocycles. The van der Waals surface area contributed by atoms with Gasteiger partial charge in [-0.05, 0) is 25.0 Å². The standard InChI is InChI=1S/C13H17ClF3N3O/c1-7(2)6-18-12(21)8(3)19-11-5-9(13(15,16)17)4-10(14)20-11/h4-5,7-8H,6H2,1-3H3,(H,18,21)(H,19,20). The minimum absolute atomic E-state index is 0.0954. The Bertz CT molecular complexity index is 506. The summed E-state index contributed by atoms with van der Waals surface area (Å²) in [5, 5.41) is 5.00. The van der Waals surface area contributed by atoms with E-state index in [1.165, 1.54) is 6.92 Å². The number of carbonyl (C=O) groups is 1. The maximum atomic E-state index is 12.7. The first-order chi connectivity index (χ1) is 9.59. The quantitative estimate of drug-likeness (QED) is 0.817. The lowest BCUT2D eigenvalue weighted by Gasteiger charge is -2.17. The summed E-state index contributed by atoms with van der Waals surface area (Å²) < 4.78 is 38.0. The van der Waals surface area contributed by atoms with Gasteiger partial charge in [0.15, 0.2) is 0 Å². The molecule has 1 amide bonds. The molecule has 0 fully saturated rings. The monoisotopic (exact) mass is 323 g/mol. The van der Waals surface area contributed by atoms with Gasteiger partial charge in [-0.1, -0.05) is 25.4 Å². The lowest BCUT2D eigenvalue weighted by Crippen LogP contribution is -2.39. The SMILES string of the molecule is CC(C)CNC(=O)C(C)Nc1cc(C(F)(F)F)cc(Cl)n1. The molecular weight excluding hydrogens is 307 g/mol. The first-order valence-electron chi connectivity index (χ1n) is 6.38. The van der Waals surface area contributed by atoms with Crippen molar-refractivity contribution in [3.05, 3.63) is 22.8 Å². The van der Waals surface area contributed by atoms with E-state index < -0.39 is 17.8 Å². The van der Waals surface area contributed by atoms with Crippen LogP contribution in [0.5, 0.6) is 0 Å². The van der Waals surface area contributed by atoms with Crippen LogP contribution >= 0.6 is 11.6 Å². The van der Waals surface area contributed by atoms with E-state index >= 15 is 0 Å². The Morgan fingerprint density at radius 2 is 1.95 bits per heavy atom. The fraction of sp³-hybridized carbons (Fsp3) is 0.538. The van der Waals surface area contributed by atoms with E-state index in [1.807, 2.05) is 13.8 Å². The smallest absolute Gasteiger partial charge is 0.359 e. The first kappa shape index (κ1) is 17.6. The minimum Gasteiger partial charge on any atom is -0.359 e. The van der Waals surface area contributed by atoms with Crippen LogP contribution in [-0.2, 0) is 11.0 Å². The molecule has 1 aromatic rings. The largest absolute Gasteiger partial charge is 0.416 e. The summed E-state index contributed by atoms with van der Waals surface area (Å²) in [5.41, 5.74) is -0.917. The van der Waals surface area contributed by atoms with Gasteiger partial charge in [0.1, 0.15) is 17.0 Å². The van der Waals surface area contributed by atoms with Crippen LogP contribution in [0.2, 0.25) is 5.15 Å². The van der Waals surface area contributed by atoms with E-state index in [1.54, 1.807) is 0 Å². The molecule has 8 heteroatoms. The van der Waals surface area contributed by atoms with Crippen LogP contribution in [-0.4, -0.2) is 23.5 Å². The van der Waals surface area contributed by atoms with Crippen molar-refractivity contribution in [3.8, 4) is 0 Å². The number of nitrogens with one attached hydrogen (secondary N) is 2. The Morgan fingerprint density at radius 3 is 2.48 bits per heavy atom. The maximum Gasteiger partial charge on any atom is 0.416 e. The van der Waals surface area contributed by atoms with Crippen LogP contribution in [0.15, 0.2) is 12.1 Å². The number of pyridine rings is 1. The van der Waals surface area contributed by atoms with Crippen molar-refractivity contribution in [1.29, 1.82) is 0 Å². The molecule has 0 saturated heterocycles. The molecule has 1 aromatic heterocycles. The van der Waals surface area contributed by atoms with Gasteiger partial charge in [-0.3, -0.25) is 4.79 Å². The molecule has 0 aliphatic rings. The lowest BCUT2D eigenvalue weighted by atomic mass is 10.2. The van der Waals surface area contributed by atoms with Gasteiger partial charge in [0, 0.05) is 6.54 Å². The summed E-state index contributed by atoms with van der Waals surface area (Å²) in [6, 6.07) is 0.824. The lowest BCUT2D eigenvalue weighted by molar-refractivity contribution is -0.137. The number of hydrogen-bond acceptors (Lipinski definition) is 3. The van der Waals surface area contributed by atoms with E-state index in [-0.39, 0.29) is 22.8 Å². The number of aromatic nitrogens is 1. The normalized spacial score (nSPS) is 13.1. The van der Waals surface area contributed by atoms with E-state index in [0.717, 1.165) is 12.1 Å². The van der Waals surface area contributed by atoms with Gasteiger partial charge in [0.2, 0.25) is 5.91 Å². The average Bonchev–Trinajstić information content (AvgIpc) is 2.33. The topological polar surface area (TPSA) is 54.0 Å². The van der Waals surface area contributed by atoms with Gasteiger partial charge < -0.3 is 10.6 Å². The van der Waals surface area contributed by atoms with Crippen LogP contribution in [0.1, 0.15) is 26.3 Å². The van der Waals surface area contributed by atoms with Crippen LogP contribution < -0.4 is 10.6 Å². The van der Waals surface area contributed by atoms with Gasteiger partial charge in [-0.15, -0.1) is 0 Å². The molecule has 21 heavy (non-hydrogen) atoms. The second-order valence-corrected chi connectivity index (χ2v) is 5.45. The van der Waals surface area contributed by atoms with Crippen molar-refractivity contribution in [3.63, 3.8) is 0 Å². The van der Waals surface area contributed by atoms with Crippen molar-refractivity contribution in [1.82, 2.24) is 10.3 Å². The molecule has 1 rings (SSSR count). The van der Waals surface area contributed by atoms with Crippen LogP contribution in [0.25, 0.3) is 0 Å². The van der Waals surface area contributed by atoms with E-state index in [2.05, 4.69) is 15.6 Å². The predicted octanol–water partition coefficient (Wildman–Crippen LogP) is 3.33. The third-order valence-electron chi connectivity index (χ3n) is 2.56. The number of amides is 1. The molecule has 0 aliphatic carbocycles. The van der Waals surface area contributed by atoms with Gasteiger partial charge in [-0.2, -0.15) is 13.2 Å². The number of rotatable bonds is 5. The maximum absolute atomic E-state index is 12.7. The highest BCUT2D eigenvalue weighted by Crippen LogP contribution is 2.32. The first-order valence-corrected chi connectivity index (χ1v) is 6.76. The molecule has 0 bridgehead atoms. The number of hydrogen-bond donors (Lipinski definition) is 2. The van der Waals surface area contributed by atoms with Gasteiger partial charge >= 0.3 is 6.18 Å². The third-order valence-corrected chi connectivity index (χ3v) is 2.76. The van der Waals surface area contributed by atoms with Gasteiger partial charge in [-0.25, -0.2) is 4.98 Å². The fourth-order valence-electron chi connectivity index (χ4n) is 1.48. The Morgan fingerprint density at radius 1 is 1.33 bits per heavy atom. The highest BCUT2D eigenvalue weighted by Gasteiger charge is 2.31. The second-order valence-electron chi connectivity index (χ2n) is 5.07. The molecule has 1 atom stereocenters. The Labute approximate surface area is 126 Å². The van der Waals surface area contributed by atoms with E-state index in [9.17, 15) is 18.0 Å². The zero-order valence-corrected chi connectivity index (χ0v) is 12.6. The number of alkyl halides is 3. The molecule has 4 nitrogen and oxygen atoms in total. The van der Waals surface area contributed by atoms with Crippen molar-refractivity contribution in [2.24, 2.45) is 5.92 Å². The molecule has 118 valence electrons. The summed E-state index contributed by atoms with van der Waals surface area (Å²) in [7, 11) is 0. The summed E-state index contributed by atoms with van der Waals surface area (Å²) in [5.74, 6) is -0.136. The van der Waals surface area contributed by atoms with Crippen molar-refractivity contribution in [2.75, 3.05) is 11.9 Å². The average molecular weight is 324 g/mol. The van der Waals surface area contributed by atoms with Crippen LogP contribution in [0.3, 0.4) is 0 Å². The number of carbonyl (C=O) groups excluding carboxylic acids is 1. The Kier molecular flexibility index (Phi) is 5.83. The van der Waals surface area contributed by atoms with Crippen molar-refractivity contribution < 1.29 is 18.0 Å². The van der Waals surface area contributed by atoms with Crippen LogP contribution in [0, 0.1) is 5.92 Å². The number of nitrogens with zero attached hydrogens (tertiary/aromatic N) is 1. The molecule has 1 unspecified atom stereocenters. The van der Waals surface area contributed by atoms with Gasteiger partial charge in [0.25, 0.3) is 0 Å². The molecule has 2 N–H and O–H groups in total. The zero-order chi connectivity index (χ0) is 16.2. The molecule has 0 saturated carbocycles. The van der Waals surface area contributed by atoms with E-state index in [0.29, 0.717) is 6.54 Å². The summed E-state index contributed by atoms with van der Waals surface area (Å²) >= 11 is 5.57. The zero-order valence-electron chi connectivity index (χ0n) is 11.9. The number of halogens is 4. The highest BCUT2D eigenvalue weighted by atomic mass is 35.5. The summed E-state index contributed by atoms with van der Waals surface area (Å²) in [4.78, 5) is 15.5. The minimum atomic E-state index is -4.52. The highest BCUT2D eigenvalue weighted by molar-refractivity contribution is 6.29. The molecule has 0 radical (unpaired) electrons. The summed E-state index contributed by atoms with van der Waals surface area (Å²) in [6.07, 6.45) is -4.52. The second kappa shape index (κ2) is 6.98. The van der Waals surface area contributed by atoms with Crippen molar-refractivity contribution in [2.45, 2.75) is 33.0 Å². The molecule has 0 aromatic carbocycles. The van der Waals surface area contributed by atoms with Crippen LogP contribution in [0.4, 0.5) is 19.0 Å². The van der Waals surface area contributed by atoms with Crippen molar-refractivity contribution >= 4 is 23.3 Å². The fourth-order valence-corrected chi connectivity index (χ4v) is 1.69. The third kappa shape index (κ3) is 5.79. The van der Waals surface area contributed by atoms with Gasteiger partial charge in [0.05, 0.1) is 5.56 Å². The Hall–Kier alpha value is -1.50.